The topological polar surface area (TPSA) is 45.1 Å². The monoisotopic (exact) mass is 248 g/mol. The maximum absolute atomic E-state index is 12.3. The Bertz CT molecular complexity index is 338. The van der Waals surface area contributed by atoms with Gasteiger partial charge in [0.2, 0.25) is 0 Å². The first-order valence-corrected chi connectivity index (χ1v) is 5.38. The van der Waals surface area contributed by atoms with Crippen LogP contribution in [0.25, 0.3) is 0 Å². The number of rotatable bonds is 5. The minimum Gasteiger partial charge on any atom is -0.396 e. The molecule has 96 valence electrons. The second-order valence-corrected chi connectivity index (χ2v) is 3.69. The first-order chi connectivity index (χ1) is 7.97. The number of anilines is 1. The number of hydrogen-bond donors (Lipinski definition) is 2. The molecule has 0 fully saturated rings. The molecule has 1 unspecified atom stereocenters. The van der Waals surface area contributed by atoms with E-state index in [1.165, 1.54) is 6.07 Å². The Kier molecular flexibility index (Phi) is 4.74. The van der Waals surface area contributed by atoms with Crippen molar-refractivity contribution in [2.75, 3.05) is 11.9 Å². The first-order valence-electron chi connectivity index (χ1n) is 5.38. The van der Waals surface area contributed by atoms with E-state index in [4.69, 9.17) is 5.11 Å². The number of nitrogens with zero attached hydrogens (tertiary/aromatic N) is 1. The number of nitrogens with one attached hydrogen (secondary N) is 1. The number of halogens is 3. The van der Waals surface area contributed by atoms with Gasteiger partial charge in [-0.3, -0.25) is 0 Å². The molecule has 1 rings (SSSR count). The molecule has 17 heavy (non-hydrogen) atoms. The number of pyridine rings is 1. The summed E-state index contributed by atoms with van der Waals surface area (Å²) in [5.41, 5.74) is -0.766. The van der Waals surface area contributed by atoms with E-state index < -0.39 is 11.7 Å². The van der Waals surface area contributed by atoms with E-state index in [0.29, 0.717) is 12.2 Å². The third kappa shape index (κ3) is 4.22. The van der Waals surface area contributed by atoms with E-state index in [1.807, 2.05) is 6.92 Å². The molecule has 0 bridgehead atoms. The Labute approximate surface area is 97.7 Å². The van der Waals surface area contributed by atoms with Crippen LogP contribution < -0.4 is 5.32 Å². The highest BCUT2D eigenvalue weighted by Crippen LogP contribution is 2.28. The lowest BCUT2D eigenvalue weighted by atomic mass is 10.1. The van der Waals surface area contributed by atoms with Gasteiger partial charge in [-0.05, 0) is 25.0 Å². The summed E-state index contributed by atoms with van der Waals surface area (Å²) >= 11 is 0. The molecule has 0 aliphatic rings. The van der Waals surface area contributed by atoms with Gasteiger partial charge in [-0.2, -0.15) is 13.2 Å². The van der Waals surface area contributed by atoms with Crippen LogP contribution in [0.1, 0.15) is 25.3 Å². The van der Waals surface area contributed by atoms with Gasteiger partial charge < -0.3 is 10.4 Å². The third-order valence-electron chi connectivity index (χ3n) is 2.41. The molecule has 0 amide bonds. The van der Waals surface area contributed by atoms with Gasteiger partial charge in [0.1, 0.15) is 5.82 Å². The van der Waals surface area contributed by atoms with E-state index in [2.05, 4.69) is 10.3 Å². The van der Waals surface area contributed by atoms with Crippen molar-refractivity contribution in [3.05, 3.63) is 23.9 Å². The first kappa shape index (κ1) is 13.8. The summed E-state index contributed by atoms with van der Waals surface area (Å²) in [7, 11) is 0. The molecule has 1 atom stereocenters. The molecule has 0 aliphatic carbocycles. The fourth-order valence-electron chi connectivity index (χ4n) is 1.39. The average molecular weight is 248 g/mol. The van der Waals surface area contributed by atoms with E-state index >= 15 is 0 Å². The molecule has 0 aliphatic heterocycles. The van der Waals surface area contributed by atoms with Gasteiger partial charge in [-0.25, -0.2) is 4.98 Å². The summed E-state index contributed by atoms with van der Waals surface area (Å²) in [5.74, 6) is 0.387. The lowest BCUT2D eigenvalue weighted by Crippen LogP contribution is -2.20. The highest BCUT2D eigenvalue weighted by atomic mass is 19.4. The van der Waals surface area contributed by atoms with Crippen molar-refractivity contribution in [3.8, 4) is 0 Å². The van der Waals surface area contributed by atoms with Gasteiger partial charge >= 0.3 is 6.18 Å². The number of aliphatic hydroxyl groups is 1. The second kappa shape index (κ2) is 5.86. The lowest BCUT2D eigenvalue weighted by Gasteiger charge is -2.16. The zero-order chi connectivity index (χ0) is 12.9. The molecule has 6 heteroatoms. The van der Waals surface area contributed by atoms with Gasteiger partial charge in [-0.1, -0.05) is 6.92 Å². The molecule has 0 saturated heterocycles. The van der Waals surface area contributed by atoms with Gasteiger partial charge in [0.05, 0.1) is 5.56 Å². The van der Waals surface area contributed by atoms with Crippen LogP contribution in [0.15, 0.2) is 18.3 Å². The minimum atomic E-state index is -4.36. The lowest BCUT2D eigenvalue weighted by molar-refractivity contribution is -0.137. The van der Waals surface area contributed by atoms with Crippen LogP contribution in [-0.2, 0) is 6.18 Å². The van der Waals surface area contributed by atoms with Crippen molar-refractivity contribution in [1.82, 2.24) is 4.98 Å². The fourth-order valence-corrected chi connectivity index (χ4v) is 1.39. The zero-order valence-electron chi connectivity index (χ0n) is 9.46. The fraction of sp³-hybridized carbons (Fsp3) is 0.545. The Hall–Kier alpha value is -1.30. The summed E-state index contributed by atoms with van der Waals surface area (Å²) in [5, 5.41) is 11.8. The Morgan fingerprint density at radius 1 is 1.41 bits per heavy atom. The van der Waals surface area contributed by atoms with Crippen molar-refractivity contribution >= 4 is 5.82 Å². The van der Waals surface area contributed by atoms with E-state index in [9.17, 15) is 13.2 Å². The summed E-state index contributed by atoms with van der Waals surface area (Å²) in [6.07, 6.45) is -2.25. The van der Waals surface area contributed by atoms with Crippen LogP contribution in [0.2, 0.25) is 0 Å². The molecule has 3 nitrogen and oxygen atoms in total. The van der Waals surface area contributed by atoms with Crippen molar-refractivity contribution in [1.29, 1.82) is 0 Å². The van der Waals surface area contributed by atoms with Gasteiger partial charge in [-0.15, -0.1) is 0 Å². The molecule has 2 N–H and O–H groups in total. The number of hydrogen-bond acceptors (Lipinski definition) is 3. The van der Waals surface area contributed by atoms with Crippen LogP contribution in [0.5, 0.6) is 0 Å². The van der Waals surface area contributed by atoms with Crippen molar-refractivity contribution in [2.45, 2.75) is 32.0 Å². The number of alkyl halides is 3. The quantitative estimate of drug-likeness (QED) is 0.842. The third-order valence-corrected chi connectivity index (χ3v) is 2.41. The Morgan fingerprint density at radius 3 is 2.53 bits per heavy atom. The van der Waals surface area contributed by atoms with E-state index in [1.54, 1.807) is 0 Å². The molecule has 1 aromatic heterocycles. The average Bonchev–Trinajstić information content (AvgIpc) is 2.28. The van der Waals surface area contributed by atoms with Gasteiger partial charge in [0, 0.05) is 18.8 Å². The van der Waals surface area contributed by atoms with Crippen molar-refractivity contribution in [2.24, 2.45) is 0 Å². The Morgan fingerprint density at radius 2 is 2.12 bits per heavy atom. The van der Waals surface area contributed by atoms with E-state index in [-0.39, 0.29) is 12.6 Å². The van der Waals surface area contributed by atoms with Crippen LogP contribution in [0, 0.1) is 0 Å². The Balaban J connectivity index is 2.68. The van der Waals surface area contributed by atoms with Crippen LogP contribution in [0.4, 0.5) is 19.0 Å². The second-order valence-electron chi connectivity index (χ2n) is 3.69. The largest absolute Gasteiger partial charge is 0.417 e. The maximum Gasteiger partial charge on any atom is 0.417 e. The summed E-state index contributed by atoms with van der Waals surface area (Å²) in [6, 6.07) is 2.30. The molecule has 1 heterocycles. The molecular weight excluding hydrogens is 233 g/mol. The normalized spacial score (nSPS) is 13.5. The van der Waals surface area contributed by atoms with Crippen molar-refractivity contribution in [3.63, 3.8) is 0 Å². The maximum atomic E-state index is 12.3. The van der Waals surface area contributed by atoms with Crippen LogP contribution in [-0.4, -0.2) is 22.7 Å². The van der Waals surface area contributed by atoms with Gasteiger partial charge in [0.15, 0.2) is 0 Å². The highest BCUT2D eigenvalue weighted by molar-refractivity contribution is 5.37. The van der Waals surface area contributed by atoms with Crippen LogP contribution >= 0.6 is 0 Å². The summed E-state index contributed by atoms with van der Waals surface area (Å²) in [4.78, 5) is 3.70. The summed E-state index contributed by atoms with van der Waals surface area (Å²) < 4.78 is 36.8. The zero-order valence-corrected chi connectivity index (χ0v) is 9.46. The molecule has 0 aromatic carbocycles. The highest BCUT2D eigenvalue weighted by Gasteiger charge is 2.30. The number of aromatic nitrogens is 1. The smallest absolute Gasteiger partial charge is 0.396 e. The van der Waals surface area contributed by atoms with Gasteiger partial charge in [0.25, 0.3) is 0 Å². The summed E-state index contributed by atoms with van der Waals surface area (Å²) in [6.45, 7) is 1.96. The standard InChI is InChI=1S/C11H15F3N2O/c1-2-9(5-6-17)16-10-4-3-8(7-15-10)11(12,13)14/h3-4,7,9,17H,2,5-6H2,1H3,(H,15,16). The minimum absolute atomic E-state index is 0.0178. The predicted molar refractivity (Wildman–Crippen MR) is 58.6 cm³/mol. The molecule has 0 radical (unpaired) electrons. The van der Waals surface area contributed by atoms with E-state index in [0.717, 1.165) is 18.7 Å². The van der Waals surface area contributed by atoms with Crippen molar-refractivity contribution < 1.29 is 18.3 Å². The SMILES string of the molecule is CCC(CCO)Nc1ccc(C(F)(F)F)cn1. The van der Waals surface area contributed by atoms with Crippen LogP contribution in [0.3, 0.4) is 0 Å². The predicted octanol–water partition coefficient (Wildman–Crippen LogP) is 2.67. The molecule has 0 saturated carbocycles. The number of aliphatic hydroxyl groups excluding tert-OH is 1. The molecule has 1 aromatic rings. The molecule has 0 spiro atoms. The molecular formula is C11H15F3N2O.